The first kappa shape index (κ1) is 13.8. The first-order valence-corrected chi connectivity index (χ1v) is 7.13. The van der Waals surface area contributed by atoms with Gasteiger partial charge in [-0.3, -0.25) is 4.98 Å². The van der Waals surface area contributed by atoms with Gasteiger partial charge in [-0.05, 0) is 61.1 Å². The van der Waals surface area contributed by atoms with E-state index >= 15 is 0 Å². The summed E-state index contributed by atoms with van der Waals surface area (Å²) in [4.78, 5) is 4.05. The first-order chi connectivity index (χ1) is 8.46. The van der Waals surface area contributed by atoms with Crippen LogP contribution in [0.2, 0.25) is 5.02 Å². The monoisotopic (exact) mass is 266 g/mol. The van der Waals surface area contributed by atoms with E-state index in [2.05, 4.69) is 18.8 Å². The number of nitrogens with zero attached hydrogens (tertiary/aromatic N) is 1. The molecular formula is C15H23ClN2. The topological polar surface area (TPSA) is 38.9 Å². The molecular weight excluding hydrogens is 244 g/mol. The highest BCUT2D eigenvalue weighted by Gasteiger charge is 2.37. The Hall–Kier alpha value is -0.600. The molecule has 3 heteroatoms. The van der Waals surface area contributed by atoms with Crippen molar-refractivity contribution in [3.05, 3.63) is 29.0 Å². The molecule has 0 aromatic carbocycles. The molecule has 1 aliphatic carbocycles. The van der Waals surface area contributed by atoms with Crippen LogP contribution in [0.4, 0.5) is 0 Å². The largest absolute Gasteiger partial charge is 0.330 e. The van der Waals surface area contributed by atoms with E-state index in [1.165, 1.54) is 31.2 Å². The van der Waals surface area contributed by atoms with Crippen molar-refractivity contribution in [2.24, 2.45) is 16.6 Å². The summed E-state index contributed by atoms with van der Waals surface area (Å²) in [7, 11) is 0. The van der Waals surface area contributed by atoms with Crippen LogP contribution in [-0.2, 0) is 6.42 Å². The summed E-state index contributed by atoms with van der Waals surface area (Å²) in [6.45, 7) is 5.46. The smallest absolute Gasteiger partial charge is 0.0621 e. The van der Waals surface area contributed by atoms with Gasteiger partial charge in [0, 0.05) is 12.4 Å². The zero-order valence-corrected chi connectivity index (χ0v) is 12.1. The Morgan fingerprint density at radius 2 is 1.94 bits per heavy atom. The molecule has 2 nitrogen and oxygen atoms in total. The fraction of sp³-hybridized carbons (Fsp3) is 0.667. The van der Waals surface area contributed by atoms with E-state index in [4.69, 9.17) is 17.3 Å². The summed E-state index contributed by atoms with van der Waals surface area (Å²) in [5.41, 5.74) is 7.97. The maximum Gasteiger partial charge on any atom is 0.0621 e. The van der Waals surface area contributed by atoms with E-state index in [1.807, 2.05) is 12.3 Å². The van der Waals surface area contributed by atoms with Gasteiger partial charge in [0.15, 0.2) is 0 Å². The number of hydrogen-bond acceptors (Lipinski definition) is 2. The van der Waals surface area contributed by atoms with Crippen molar-refractivity contribution in [3.63, 3.8) is 0 Å². The van der Waals surface area contributed by atoms with Crippen LogP contribution in [-0.4, -0.2) is 11.5 Å². The minimum Gasteiger partial charge on any atom is -0.330 e. The fourth-order valence-corrected chi connectivity index (χ4v) is 3.05. The minimum atomic E-state index is 0.237. The van der Waals surface area contributed by atoms with Gasteiger partial charge in [-0.25, -0.2) is 0 Å². The molecule has 1 aliphatic rings. The van der Waals surface area contributed by atoms with E-state index in [0.717, 1.165) is 18.0 Å². The number of hydrogen-bond donors (Lipinski definition) is 1. The van der Waals surface area contributed by atoms with E-state index in [0.29, 0.717) is 5.41 Å². The fourth-order valence-electron chi connectivity index (χ4n) is 2.86. The summed E-state index contributed by atoms with van der Waals surface area (Å²) in [5.74, 6) is 0. The van der Waals surface area contributed by atoms with Gasteiger partial charge in [0.05, 0.1) is 5.02 Å². The Balaban J connectivity index is 2.13. The molecule has 1 aromatic rings. The van der Waals surface area contributed by atoms with Gasteiger partial charge in [-0.15, -0.1) is 0 Å². The maximum atomic E-state index is 6.22. The van der Waals surface area contributed by atoms with E-state index in [1.54, 1.807) is 6.20 Å². The third-order valence-corrected chi connectivity index (χ3v) is 4.86. The second-order valence-corrected chi connectivity index (χ2v) is 6.92. The number of pyridine rings is 1. The average Bonchev–Trinajstić information content (AvgIpc) is 2.35. The van der Waals surface area contributed by atoms with Gasteiger partial charge in [-0.2, -0.15) is 0 Å². The second kappa shape index (κ2) is 5.18. The van der Waals surface area contributed by atoms with E-state index in [9.17, 15) is 0 Å². The maximum absolute atomic E-state index is 6.22. The normalized spacial score (nSPS) is 21.8. The molecule has 2 rings (SSSR count). The summed E-state index contributed by atoms with van der Waals surface area (Å²) in [5, 5.41) is 0.773. The number of halogens is 1. The predicted molar refractivity (Wildman–Crippen MR) is 76.7 cm³/mol. The predicted octanol–water partition coefficient (Wildman–Crippen LogP) is 3.82. The van der Waals surface area contributed by atoms with Gasteiger partial charge in [-0.1, -0.05) is 25.4 Å². The summed E-state index contributed by atoms with van der Waals surface area (Å²) in [6.07, 6.45) is 9.46. The Labute approximate surface area is 115 Å². The van der Waals surface area contributed by atoms with Crippen molar-refractivity contribution in [1.82, 2.24) is 4.98 Å². The first-order valence-electron chi connectivity index (χ1n) is 6.75. The van der Waals surface area contributed by atoms with Crippen molar-refractivity contribution >= 4 is 11.6 Å². The Kier molecular flexibility index (Phi) is 3.98. The molecule has 0 spiro atoms. The SMILES string of the molecule is CC1(C)CCC(CN)(Cc2ccncc2Cl)CC1. The summed E-state index contributed by atoms with van der Waals surface area (Å²) >= 11 is 6.22. The van der Waals surface area contributed by atoms with Crippen molar-refractivity contribution < 1.29 is 0 Å². The molecule has 0 saturated heterocycles. The van der Waals surface area contributed by atoms with Crippen molar-refractivity contribution in [2.75, 3.05) is 6.54 Å². The molecule has 0 bridgehead atoms. The molecule has 1 fully saturated rings. The van der Waals surface area contributed by atoms with Gasteiger partial charge in [0.25, 0.3) is 0 Å². The van der Waals surface area contributed by atoms with Crippen molar-refractivity contribution in [2.45, 2.75) is 46.0 Å². The van der Waals surface area contributed by atoms with Gasteiger partial charge in [0.2, 0.25) is 0 Å². The number of rotatable bonds is 3. The lowest BCUT2D eigenvalue weighted by molar-refractivity contribution is 0.108. The molecule has 0 amide bonds. The van der Waals surface area contributed by atoms with Crippen LogP contribution >= 0.6 is 11.6 Å². The Morgan fingerprint density at radius 1 is 1.28 bits per heavy atom. The number of nitrogens with two attached hydrogens (primary N) is 1. The molecule has 0 radical (unpaired) electrons. The highest BCUT2D eigenvalue weighted by Crippen LogP contribution is 2.46. The molecule has 1 aromatic heterocycles. The summed E-state index contributed by atoms with van der Waals surface area (Å²) < 4.78 is 0. The minimum absolute atomic E-state index is 0.237. The van der Waals surface area contributed by atoms with Gasteiger partial charge >= 0.3 is 0 Å². The quantitative estimate of drug-likeness (QED) is 0.903. The highest BCUT2D eigenvalue weighted by molar-refractivity contribution is 6.31. The molecule has 100 valence electrons. The third kappa shape index (κ3) is 3.04. The lowest BCUT2D eigenvalue weighted by atomic mass is 9.63. The molecule has 2 N–H and O–H groups in total. The lowest BCUT2D eigenvalue weighted by Crippen LogP contribution is -2.39. The van der Waals surface area contributed by atoms with Crippen LogP contribution < -0.4 is 5.73 Å². The van der Waals surface area contributed by atoms with Gasteiger partial charge in [0.1, 0.15) is 0 Å². The van der Waals surface area contributed by atoms with E-state index in [-0.39, 0.29) is 5.41 Å². The Bertz CT molecular complexity index is 405. The molecule has 1 saturated carbocycles. The van der Waals surface area contributed by atoms with E-state index < -0.39 is 0 Å². The van der Waals surface area contributed by atoms with Crippen LogP contribution in [0.5, 0.6) is 0 Å². The van der Waals surface area contributed by atoms with Crippen LogP contribution in [0, 0.1) is 10.8 Å². The van der Waals surface area contributed by atoms with Gasteiger partial charge < -0.3 is 5.73 Å². The third-order valence-electron chi connectivity index (χ3n) is 4.52. The lowest BCUT2D eigenvalue weighted by Gasteiger charge is -2.43. The standard InChI is InChI=1S/C15H23ClN2/c1-14(2)4-6-15(11-17,7-5-14)9-12-3-8-18-10-13(12)16/h3,8,10H,4-7,9,11,17H2,1-2H3. The zero-order valence-electron chi connectivity index (χ0n) is 11.4. The molecule has 18 heavy (non-hydrogen) atoms. The summed E-state index contributed by atoms with van der Waals surface area (Å²) in [6, 6.07) is 2.03. The van der Waals surface area contributed by atoms with Crippen molar-refractivity contribution in [3.8, 4) is 0 Å². The molecule has 0 atom stereocenters. The van der Waals surface area contributed by atoms with Crippen LogP contribution in [0.1, 0.15) is 45.1 Å². The zero-order chi connectivity index (χ0) is 13.2. The highest BCUT2D eigenvalue weighted by atomic mass is 35.5. The molecule has 0 unspecified atom stereocenters. The molecule has 0 aliphatic heterocycles. The number of aromatic nitrogens is 1. The van der Waals surface area contributed by atoms with Crippen LogP contribution in [0.3, 0.4) is 0 Å². The van der Waals surface area contributed by atoms with Crippen LogP contribution in [0.15, 0.2) is 18.5 Å². The molecule has 1 heterocycles. The average molecular weight is 267 g/mol. The Morgan fingerprint density at radius 3 is 2.50 bits per heavy atom. The van der Waals surface area contributed by atoms with Crippen LogP contribution in [0.25, 0.3) is 0 Å². The second-order valence-electron chi connectivity index (χ2n) is 6.51. The van der Waals surface area contributed by atoms with Crippen molar-refractivity contribution in [1.29, 1.82) is 0 Å².